The number of benzene rings is 1. The Morgan fingerprint density at radius 2 is 1.84 bits per heavy atom. The van der Waals surface area contributed by atoms with E-state index in [1.54, 1.807) is 11.8 Å². The summed E-state index contributed by atoms with van der Waals surface area (Å²) in [7, 11) is 0. The van der Waals surface area contributed by atoms with Gasteiger partial charge in [0.15, 0.2) is 0 Å². The van der Waals surface area contributed by atoms with Crippen LogP contribution < -0.4 is 10.2 Å². The molecule has 25 heavy (non-hydrogen) atoms. The molecule has 1 aliphatic rings. The molecule has 0 radical (unpaired) electrons. The van der Waals surface area contributed by atoms with Gasteiger partial charge in [-0.3, -0.25) is 9.59 Å². The molecular formula is C19H29N3O2S. The van der Waals surface area contributed by atoms with Crippen molar-refractivity contribution >= 4 is 29.3 Å². The van der Waals surface area contributed by atoms with Gasteiger partial charge in [-0.15, -0.1) is 11.8 Å². The highest BCUT2D eigenvalue weighted by atomic mass is 32.2. The van der Waals surface area contributed by atoms with Gasteiger partial charge in [0, 0.05) is 31.9 Å². The largest absolute Gasteiger partial charge is 0.368 e. The monoisotopic (exact) mass is 363 g/mol. The number of carbonyl (C=O) groups is 2. The fourth-order valence-electron chi connectivity index (χ4n) is 2.75. The Balaban J connectivity index is 1.69. The molecule has 1 fully saturated rings. The topological polar surface area (TPSA) is 52.7 Å². The average Bonchev–Trinajstić information content (AvgIpc) is 2.66. The summed E-state index contributed by atoms with van der Waals surface area (Å²) in [5, 5.41) is 2.68. The van der Waals surface area contributed by atoms with E-state index >= 15 is 0 Å². The molecule has 2 amide bonds. The maximum absolute atomic E-state index is 12.3. The number of nitrogens with one attached hydrogen (secondary N) is 1. The van der Waals surface area contributed by atoms with E-state index in [0.29, 0.717) is 13.1 Å². The SMILES string of the molecule is CCCCSC(C)C(=O)NCC(=O)N1CCN(c2ccccc2)CC1. The van der Waals surface area contributed by atoms with Crippen molar-refractivity contribution in [3.63, 3.8) is 0 Å². The number of anilines is 1. The third-order valence-electron chi connectivity index (χ3n) is 4.40. The Bertz CT molecular complexity index is 545. The average molecular weight is 364 g/mol. The molecule has 1 unspecified atom stereocenters. The number of hydrogen-bond acceptors (Lipinski definition) is 4. The van der Waals surface area contributed by atoms with Crippen LogP contribution in [0.15, 0.2) is 30.3 Å². The molecule has 0 aliphatic carbocycles. The summed E-state index contributed by atoms with van der Waals surface area (Å²) in [6.45, 7) is 7.19. The van der Waals surface area contributed by atoms with Gasteiger partial charge in [0.2, 0.25) is 11.8 Å². The van der Waals surface area contributed by atoms with Crippen LogP contribution in [0.5, 0.6) is 0 Å². The van der Waals surface area contributed by atoms with Crippen LogP contribution in [0.25, 0.3) is 0 Å². The van der Waals surface area contributed by atoms with E-state index in [4.69, 9.17) is 0 Å². The van der Waals surface area contributed by atoms with Gasteiger partial charge in [0.05, 0.1) is 11.8 Å². The highest BCUT2D eigenvalue weighted by Crippen LogP contribution is 2.15. The minimum atomic E-state index is -0.103. The predicted molar refractivity (Wildman–Crippen MR) is 105 cm³/mol. The van der Waals surface area contributed by atoms with Gasteiger partial charge in [-0.1, -0.05) is 31.5 Å². The van der Waals surface area contributed by atoms with Crippen LogP contribution in [-0.4, -0.2) is 60.4 Å². The van der Waals surface area contributed by atoms with E-state index in [0.717, 1.165) is 31.7 Å². The van der Waals surface area contributed by atoms with Gasteiger partial charge < -0.3 is 15.1 Å². The molecule has 6 heteroatoms. The summed E-state index contributed by atoms with van der Waals surface area (Å²) in [6.07, 6.45) is 2.25. The highest BCUT2D eigenvalue weighted by Gasteiger charge is 2.22. The van der Waals surface area contributed by atoms with Gasteiger partial charge in [0.25, 0.3) is 0 Å². The molecule has 138 valence electrons. The van der Waals surface area contributed by atoms with E-state index in [2.05, 4.69) is 29.3 Å². The summed E-state index contributed by atoms with van der Waals surface area (Å²) in [5.74, 6) is 0.949. The quantitative estimate of drug-likeness (QED) is 0.721. The molecular weight excluding hydrogens is 334 g/mol. The molecule has 5 nitrogen and oxygen atoms in total. The first-order valence-electron chi connectivity index (χ1n) is 9.09. The van der Waals surface area contributed by atoms with Crippen LogP contribution in [0.1, 0.15) is 26.7 Å². The highest BCUT2D eigenvalue weighted by molar-refractivity contribution is 8.00. The van der Waals surface area contributed by atoms with E-state index in [9.17, 15) is 9.59 Å². The Morgan fingerprint density at radius 3 is 2.48 bits per heavy atom. The maximum Gasteiger partial charge on any atom is 0.242 e. The molecule has 1 atom stereocenters. The van der Waals surface area contributed by atoms with E-state index in [1.165, 1.54) is 5.69 Å². The van der Waals surface area contributed by atoms with Gasteiger partial charge in [-0.2, -0.15) is 0 Å². The summed E-state index contributed by atoms with van der Waals surface area (Å²) in [5.41, 5.74) is 1.20. The molecule has 2 rings (SSSR count). The second-order valence-corrected chi connectivity index (χ2v) is 7.74. The van der Waals surface area contributed by atoms with Gasteiger partial charge in [-0.05, 0) is 31.2 Å². The molecule has 1 heterocycles. The Kier molecular flexibility index (Phi) is 8.12. The lowest BCUT2D eigenvalue weighted by atomic mass is 10.2. The van der Waals surface area contributed by atoms with Crippen molar-refractivity contribution in [3.8, 4) is 0 Å². The first-order chi connectivity index (χ1) is 12.1. The fourth-order valence-corrected chi connectivity index (χ4v) is 3.79. The fraction of sp³-hybridized carbons (Fsp3) is 0.579. The first kappa shape index (κ1) is 19.6. The van der Waals surface area contributed by atoms with Crippen LogP contribution in [0.2, 0.25) is 0 Å². The van der Waals surface area contributed by atoms with Gasteiger partial charge >= 0.3 is 0 Å². The Labute approximate surface area is 155 Å². The molecule has 0 aromatic heterocycles. The van der Waals surface area contributed by atoms with Crippen molar-refractivity contribution in [2.45, 2.75) is 31.9 Å². The van der Waals surface area contributed by atoms with Gasteiger partial charge in [-0.25, -0.2) is 0 Å². The number of para-hydroxylation sites is 1. The van der Waals surface area contributed by atoms with Crippen molar-refractivity contribution in [2.24, 2.45) is 0 Å². The molecule has 0 bridgehead atoms. The summed E-state index contributed by atoms with van der Waals surface area (Å²) >= 11 is 1.65. The molecule has 1 saturated heterocycles. The second kappa shape index (κ2) is 10.3. The molecule has 1 N–H and O–H groups in total. The molecule has 0 saturated carbocycles. The van der Waals surface area contributed by atoms with Crippen molar-refractivity contribution in [2.75, 3.05) is 43.4 Å². The van der Waals surface area contributed by atoms with E-state index in [-0.39, 0.29) is 23.6 Å². The summed E-state index contributed by atoms with van der Waals surface area (Å²) in [4.78, 5) is 28.5. The number of rotatable bonds is 8. The maximum atomic E-state index is 12.3. The molecule has 1 aliphatic heterocycles. The van der Waals surface area contributed by atoms with Crippen molar-refractivity contribution in [1.82, 2.24) is 10.2 Å². The number of unbranched alkanes of at least 4 members (excludes halogenated alkanes) is 1. The van der Waals surface area contributed by atoms with Crippen LogP contribution in [-0.2, 0) is 9.59 Å². The molecule has 1 aromatic rings. The van der Waals surface area contributed by atoms with Crippen LogP contribution in [0.3, 0.4) is 0 Å². The third-order valence-corrected chi connectivity index (χ3v) is 5.64. The number of amides is 2. The third kappa shape index (κ3) is 6.27. The van der Waals surface area contributed by atoms with Crippen molar-refractivity contribution < 1.29 is 9.59 Å². The number of piperazine rings is 1. The first-order valence-corrected chi connectivity index (χ1v) is 10.1. The van der Waals surface area contributed by atoms with E-state index in [1.807, 2.05) is 30.0 Å². The minimum Gasteiger partial charge on any atom is -0.368 e. The lowest BCUT2D eigenvalue weighted by Crippen LogP contribution is -2.51. The lowest BCUT2D eigenvalue weighted by Gasteiger charge is -2.36. The number of nitrogens with zero attached hydrogens (tertiary/aromatic N) is 2. The van der Waals surface area contributed by atoms with Crippen molar-refractivity contribution in [1.29, 1.82) is 0 Å². The van der Waals surface area contributed by atoms with Crippen LogP contribution in [0.4, 0.5) is 5.69 Å². The van der Waals surface area contributed by atoms with Crippen LogP contribution >= 0.6 is 11.8 Å². The minimum absolute atomic E-state index is 0.00631. The second-order valence-electron chi connectivity index (χ2n) is 6.29. The predicted octanol–water partition coefficient (Wildman–Crippen LogP) is 2.37. The smallest absolute Gasteiger partial charge is 0.242 e. The van der Waals surface area contributed by atoms with Gasteiger partial charge in [0.1, 0.15) is 0 Å². The van der Waals surface area contributed by atoms with Crippen molar-refractivity contribution in [3.05, 3.63) is 30.3 Å². The zero-order valence-corrected chi connectivity index (χ0v) is 16.1. The molecule has 1 aromatic carbocycles. The summed E-state index contributed by atoms with van der Waals surface area (Å²) < 4.78 is 0. The zero-order valence-electron chi connectivity index (χ0n) is 15.2. The Morgan fingerprint density at radius 1 is 1.16 bits per heavy atom. The summed E-state index contributed by atoms with van der Waals surface area (Å²) in [6, 6.07) is 10.3. The van der Waals surface area contributed by atoms with Crippen LogP contribution in [0, 0.1) is 0 Å². The standard InChI is InChI=1S/C19H29N3O2S/c1-3-4-14-25-16(2)19(24)20-15-18(23)22-12-10-21(11-13-22)17-8-6-5-7-9-17/h5-9,16H,3-4,10-15H2,1-2H3,(H,20,24). The number of carbonyl (C=O) groups excluding carboxylic acids is 2. The lowest BCUT2D eigenvalue weighted by molar-refractivity contribution is -0.132. The number of thioether (sulfide) groups is 1. The van der Waals surface area contributed by atoms with E-state index < -0.39 is 0 Å². The normalized spacial score (nSPS) is 15.8. The zero-order chi connectivity index (χ0) is 18.1. The Hall–Kier alpha value is -1.69. The molecule has 0 spiro atoms. The number of hydrogen-bond donors (Lipinski definition) is 1.